The van der Waals surface area contributed by atoms with Gasteiger partial charge in [-0.3, -0.25) is 0 Å². The lowest BCUT2D eigenvalue weighted by Crippen LogP contribution is -2.07. The zero-order valence-corrected chi connectivity index (χ0v) is 12.8. The van der Waals surface area contributed by atoms with Crippen LogP contribution in [0.2, 0.25) is 0 Å². The third kappa shape index (κ3) is 3.51. The summed E-state index contributed by atoms with van der Waals surface area (Å²) in [6.45, 7) is 7.57. The molecule has 0 amide bonds. The first kappa shape index (κ1) is 13.9. The number of ether oxygens (including phenoxy) is 1. The van der Waals surface area contributed by atoms with Gasteiger partial charge in [0.05, 0.1) is 12.8 Å². The van der Waals surface area contributed by atoms with Crippen molar-refractivity contribution in [2.24, 2.45) is 0 Å². The van der Waals surface area contributed by atoms with Crippen LogP contribution < -0.4 is 10.1 Å². The van der Waals surface area contributed by atoms with Gasteiger partial charge >= 0.3 is 0 Å². The molecule has 2 rings (SSSR count). The Bertz CT molecular complexity index is 540. The molecule has 0 atom stereocenters. The van der Waals surface area contributed by atoms with Crippen LogP contribution in [-0.2, 0) is 12.0 Å². The van der Waals surface area contributed by atoms with E-state index in [1.807, 2.05) is 35.6 Å². The fraction of sp³-hybridized carbons (Fsp3) is 0.375. The van der Waals surface area contributed by atoms with E-state index < -0.39 is 0 Å². The molecule has 1 N–H and O–H groups in total. The van der Waals surface area contributed by atoms with Crippen LogP contribution in [0.25, 0.3) is 0 Å². The molecule has 0 spiro atoms. The smallest absolute Gasteiger partial charge is 0.141 e. The van der Waals surface area contributed by atoms with E-state index in [0.29, 0.717) is 0 Å². The second kappa shape index (κ2) is 5.66. The van der Waals surface area contributed by atoms with Gasteiger partial charge in [0.15, 0.2) is 0 Å². The third-order valence-corrected chi connectivity index (χ3v) is 4.47. The molecule has 0 saturated carbocycles. The van der Waals surface area contributed by atoms with Gasteiger partial charge < -0.3 is 10.1 Å². The van der Waals surface area contributed by atoms with Gasteiger partial charge in [0.2, 0.25) is 0 Å². The maximum atomic E-state index is 5.33. The van der Waals surface area contributed by atoms with Gasteiger partial charge in [-0.15, -0.1) is 11.3 Å². The van der Waals surface area contributed by atoms with Crippen LogP contribution in [0.1, 0.15) is 30.5 Å². The number of benzene rings is 1. The second-order valence-corrected chi connectivity index (χ2v) is 6.74. The molecule has 19 heavy (non-hydrogen) atoms. The van der Waals surface area contributed by atoms with E-state index in [2.05, 4.69) is 38.2 Å². The molecule has 0 aliphatic rings. The lowest BCUT2D eigenvalue weighted by Gasteiger charge is -2.15. The van der Waals surface area contributed by atoms with Crippen LogP contribution in [0, 0.1) is 0 Å². The van der Waals surface area contributed by atoms with E-state index in [1.165, 1.54) is 9.75 Å². The van der Waals surface area contributed by atoms with E-state index in [1.54, 1.807) is 7.11 Å². The molecule has 0 aliphatic heterocycles. The second-order valence-electron chi connectivity index (χ2n) is 5.57. The Morgan fingerprint density at radius 2 is 1.84 bits per heavy atom. The number of thiophene rings is 1. The predicted octanol–water partition coefficient (Wildman–Crippen LogP) is 4.67. The molecule has 2 aromatic rings. The van der Waals surface area contributed by atoms with Crippen molar-refractivity contribution in [3.05, 3.63) is 46.2 Å². The molecular formula is C16H21NOS. The van der Waals surface area contributed by atoms with Gasteiger partial charge in [0.1, 0.15) is 5.75 Å². The Balaban J connectivity index is 2.05. The first-order chi connectivity index (χ1) is 9.00. The summed E-state index contributed by atoms with van der Waals surface area (Å²) in [5.41, 5.74) is 1.27. The van der Waals surface area contributed by atoms with Crippen molar-refractivity contribution in [2.75, 3.05) is 12.4 Å². The van der Waals surface area contributed by atoms with Crippen LogP contribution in [0.3, 0.4) is 0 Å². The maximum Gasteiger partial charge on any atom is 0.141 e. The van der Waals surface area contributed by atoms with Crippen molar-refractivity contribution in [1.29, 1.82) is 0 Å². The van der Waals surface area contributed by atoms with E-state index in [-0.39, 0.29) is 5.41 Å². The zero-order valence-electron chi connectivity index (χ0n) is 12.0. The van der Waals surface area contributed by atoms with Crippen LogP contribution >= 0.6 is 11.3 Å². The maximum absolute atomic E-state index is 5.33. The molecule has 2 nitrogen and oxygen atoms in total. The molecule has 0 fully saturated rings. The fourth-order valence-corrected chi connectivity index (χ4v) is 2.85. The van der Waals surface area contributed by atoms with Gasteiger partial charge in [-0.1, -0.05) is 32.9 Å². The molecule has 0 unspecified atom stereocenters. The van der Waals surface area contributed by atoms with Gasteiger partial charge in [-0.05, 0) is 29.7 Å². The Morgan fingerprint density at radius 1 is 1.11 bits per heavy atom. The van der Waals surface area contributed by atoms with E-state index in [9.17, 15) is 0 Å². The summed E-state index contributed by atoms with van der Waals surface area (Å²) in [4.78, 5) is 2.76. The van der Waals surface area contributed by atoms with Crippen molar-refractivity contribution in [3.8, 4) is 5.75 Å². The number of hydrogen-bond acceptors (Lipinski definition) is 3. The molecule has 3 heteroatoms. The Morgan fingerprint density at radius 3 is 2.47 bits per heavy atom. The first-order valence-corrected chi connectivity index (χ1v) is 7.28. The number of hydrogen-bond donors (Lipinski definition) is 1. The lowest BCUT2D eigenvalue weighted by molar-refractivity contribution is 0.416. The Kier molecular flexibility index (Phi) is 4.15. The SMILES string of the molecule is COc1ccccc1NCc1ccc(C(C)(C)C)s1. The van der Waals surface area contributed by atoms with E-state index in [4.69, 9.17) is 4.74 Å². The minimum atomic E-state index is 0.230. The van der Waals surface area contributed by atoms with Crippen LogP contribution in [-0.4, -0.2) is 7.11 Å². The Labute approximate surface area is 119 Å². The number of methoxy groups -OCH3 is 1. The average Bonchev–Trinajstić information content (AvgIpc) is 2.85. The monoisotopic (exact) mass is 275 g/mol. The van der Waals surface area contributed by atoms with Gasteiger partial charge in [-0.2, -0.15) is 0 Å². The zero-order chi connectivity index (χ0) is 13.9. The molecule has 1 heterocycles. The largest absolute Gasteiger partial charge is 0.495 e. The third-order valence-electron chi connectivity index (χ3n) is 2.96. The standard InChI is InChI=1S/C16H21NOS/c1-16(2,3)15-10-9-12(19-15)11-17-13-7-5-6-8-14(13)18-4/h5-10,17H,11H2,1-4H3. The van der Waals surface area contributed by atoms with Gasteiger partial charge in [0.25, 0.3) is 0 Å². The predicted molar refractivity (Wildman–Crippen MR) is 83.3 cm³/mol. The number of nitrogens with one attached hydrogen (secondary N) is 1. The quantitative estimate of drug-likeness (QED) is 0.875. The summed E-state index contributed by atoms with van der Waals surface area (Å²) in [6, 6.07) is 12.4. The van der Waals surface area contributed by atoms with Crippen LogP contribution in [0.5, 0.6) is 5.75 Å². The van der Waals surface area contributed by atoms with Crippen molar-refractivity contribution < 1.29 is 4.74 Å². The molecule has 0 aliphatic carbocycles. The average molecular weight is 275 g/mol. The first-order valence-electron chi connectivity index (χ1n) is 6.47. The molecule has 0 radical (unpaired) electrons. The lowest BCUT2D eigenvalue weighted by atomic mass is 9.95. The van der Waals surface area contributed by atoms with E-state index >= 15 is 0 Å². The fourth-order valence-electron chi connectivity index (χ4n) is 1.85. The minimum absolute atomic E-state index is 0.230. The van der Waals surface area contributed by atoms with Crippen LogP contribution in [0.15, 0.2) is 36.4 Å². The number of para-hydroxylation sites is 2. The summed E-state index contributed by atoms with van der Waals surface area (Å²) in [6.07, 6.45) is 0. The summed E-state index contributed by atoms with van der Waals surface area (Å²) in [5, 5.41) is 3.43. The summed E-state index contributed by atoms with van der Waals surface area (Å²) < 4.78 is 5.33. The summed E-state index contributed by atoms with van der Waals surface area (Å²) in [5.74, 6) is 0.884. The molecule has 102 valence electrons. The summed E-state index contributed by atoms with van der Waals surface area (Å²) >= 11 is 1.87. The molecular weight excluding hydrogens is 254 g/mol. The highest BCUT2D eigenvalue weighted by Gasteiger charge is 2.15. The van der Waals surface area contributed by atoms with Crippen molar-refractivity contribution in [3.63, 3.8) is 0 Å². The molecule has 1 aromatic heterocycles. The molecule has 0 saturated heterocycles. The minimum Gasteiger partial charge on any atom is -0.495 e. The van der Waals surface area contributed by atoms with Gasteiger partial charge in [0, 0.05) is 16.3 Å². The highest BCUT2D eigenvalue weighted by Crippen LogP contribution is 2.30. The topological polar surface area (TPSA) is 21.3 Å². The van der Waals surface area contributed by atoms with Crippen molar-refractivity contribution in [2.45, 2.75) is 32.7 Å². The summed E-state index contributed by atoms with van der Waals surface area (Å²) in [7, 11) is 1.70. The highest BCUT2D eigenvalue weighted by molar-refractivity contribution is 7.12. The van der Waals surface area contributed by atoms with Gasteiger partial charge in [-0.25, -0.2) is 0 Å². The molecule has 1 aromatic carbocycles. The molecule has 0 bridgehead atoms. The number of anilines is 1. The Hall–Kier alpha value is -1.48. The van der Waals surface area contributed by atoms with Crippen LogP contribution in [0.4, 0.5) is 5.69 Å². The number of rotatable bonds is 4. The normalized spacial score (nSPS) is 11.4. The van der Waals surface area contributed by atoms with Crippen molar-refractivity contribution in [1.82, 2.24) is 0 Å². The van der Waals surface area contributed by atoms with Crippen molar-refractivity contribution >= 4 is 17.0 Å². The van der Waals surface area contributed by atoms with E-state index in [0.717, 1.165) is 18.0 Å². The highest BCUT2D eigenvalue weighted by atomic mass is 32.1.